The molecule has 0 fully saturated rings. The van der Waals surface area contributed by atoms with Crippen molar-refractivity contribution in [2.24, 2.45) is 4.99 Å². The summed E-state index contributed by atoms with van der Waals surface area (Å²) >= 11 is 4.82. The molecule has 0 saturated heterocycles. The highest BCUT2D eigenvalue weighted by Gasteiger charge is 2.33. The van der Waals surface area contributed by atoms with Gasteiger partial charge in [0.1, 0.15) is 12.4 Å². The lowest BCUT2D eigenvalue weighted by Gasteiger charge is -2.24. The van der Waals surface area contributed by atoms with E-state index in [4.69, 9.17) is 14.2 Å². The van der Waals surface area contributed by atoms with E-state index in [-0.39, 0.29) is 18.0 Å². The molecule has 0 radical (unpaired) electrons. The normalized spacial score (nSPS) is 14.9. The Morgan fingerprint density at radius 1 is 1.12 bits per heavy atom. The number of ether oxygens (including phenoxy) is 3. The number of hydrogen-bond donors (Lipinski definition) is 0. The molecule has 4 aromatic rings. The van der Waals surface area contributed by atoms with E-state index in [1.165, 1.54) is 30.6 Å². The van der Waals surface area contributed by atoms with E-state index in [1.54, 1.807) is 35.8 Å². The molecule has 1 aliphatic rings. The van der Waals surface area contributed by atoms with Crippen molar-refractivity contribution in [2.45, 2.75) is 26.5 Å². The Kier molecular flexibility index (Phi) is 8.51. The van der Waals surface area contributed by atoms with Crippen LogP contribution in [0.5, 0.6) is 11.5 Å². The largest absolute Gasteiger partial charge is 0.490 e. The Bertz CT molecular complexity index is 1810. The summed E-state index contributed by atoms with van der Waals surface area (Å²) in [7, 11) is 1.32. The summed E-state index contributed by atoms with van der Waals surface area (Å²) in [6.07, 6.45) is 1.76. The van der Waals surface area contributed by atoms with Gasteiger partial charge >= 0.3 is 5.97 Å². The second-order valence-corrected chi connectivity index (χ2v) is 11.0. The van der Waals surface area contributed by atoms with Crippen LogP contribution in [-0.4, -0.2) is 24.3 Å². The highest BCUT2D eigenvalue weighted by molar-refractivity contribution is 9.10. The zero-order chi connectivity index (χ0) is 29.1. The summed E-state index contributed by atoms with van der Waals surface area (Å²) in [5, 5.41) is 0. The number of carbonyl (C=O) groups excluding carboxylic acids is 1. The van der Waals surface area contributed by atoms with Gasteiger partial charge < -0.3 is 14.2 Å². The molecule has 0 amide bonds. The molecule has 41 heavy (non-hydrogen) atoms. The number of fused-ring (bicyclic) bond motifs is 1. The molecule has 0 aliphatic carbocycles. The van der Waals surface area contributed by atoms with E-state index in [9.17, 15) is 14.0 Å². The van der Waals surface area contributed by atoms with Crippen molar-refractivity contribution in [3.63, 3.8) is 0 Å². The van der Waals surface area contributed by atoms with Gasteiger partial charge in [-0.25, -0.2) is 14.2 Å². The van der Waals surface area contributed by atoms with Crippen molar-refractivity contribution in [1.82, 2.24) is 4.57 Å². The van der Waals surface area contributed by atoms with Crippen molar-refractivity contribution in [1.29, 1.82) is 0 Å². The molecule has 0 spiro atoms. The minimum atomic E-state index is -0.671. The molecule has 0 saturated carbocycles. The number of rotatable bonds is 8. The molecule has 210 valence electrons. The van der Waals surface area contributed by atoms with Gasteiger partial charge in [0.15, 0.2) is 16.3 Å². The Labute approximate surface area is 248 Å². The number of hydrogen-bond acceptors (Lipinski definition) is 7. The van der Waals surface area contributed by atoms with Crippen LogP contribution in [0.1, 0.15) is 36.6 Å². The van der Waals surface area contributed by atoms with Crippen LogP contribution in [-0.2, 0) is 16.1 Å². The van der Waals surface area contributed by atoms with Crippen LogP contribution in [0.3, 0.4) is 0 Å². The fourth-order valence-electron chi connectivity index (χ4n) is 4.61. The van der Waals surface area contributed by atoms with Gasteiger partial charge in [0.25, 0.3) is 5.56 Å². The summed E-state index contributed by atoms with van der Waals surface area (Å²) in [5.74, 6) is 0.147. The third-order valence-electron chi connectivity index (χ3n) is 6.47. The summed E-state index contributed by atoms with van der Waals surface area (Å²) in [4.78, 5) is 31.7. The standard InChI is InChI=1S/C31H26BrFN2O5S/c1-4-39-24-15-20(14-23(32)28(24)40-17-19-10-12-22(33)13-11-19)16-25-29(36)35-27(21-8-6-5-7-9-21)26(30(37)38-3)18(2)34-31(35)41-25/h5-16,27H,4,17H2,1-3H3. The number of nitrogens with zero attached hydrogens (tertiary/aromatic N) is 2. The Balaban J connectivity index is 1.57. The van der Waals surface area contributed by atoms with Gasteiger partial charge in [-0.2, -0.15) is 0 Å². The van der Waals surface area contributed by atoms with Crippen LogP contribution in [0.25, 0.3) is 6.08 Å². The first kappa shape index (κ1) is 28.5. The van der Waals surface area contributed by atoms with Crippen LogP contribution in [0.2, 0.25) is 0 Å². The van der Waals surface area contributed by atoms with Gasteiger partial charge in [-0.05, 0) is 76.8 Å². The zero-order valence-electron chi connectivity index (χ0n) is 22.5. The molecule has 3 aromatic carbocycles. The number of thiazole rings is 1. The van der Waals surface area contributed by atoms with Gasteiger partial charge in [0, 0.05) is 0 Å². The molecular formula is C31H26BrFN2O5S. The smallest absolute Gasteiger partial charge is 0.338 e. The molecular weight excluding hydrogens is 611 g/mol. The third-order valence-corrected chi connectivity index (χ3v) is 8.04. The van der Waals surface area contributed by atoms with Crippen LogP contribution >= 0.6 is 27.3 Å². The lowest BCUT2D eigenvalue weighted by atomic mass is 9.96. The first-order valence-corrected chi connectivity index (χ1v) is 14.4. The molecule has 1 aliphatic heterocycles. The number of carbonyl (C=O) groups is 1. The molecule has 7 nitrogen and oxygen atoms in total. The number of methoxy groups -OCH3 is 1. The Morgan fingerprint density at radius 2 is 1.85 bits per heavy atom. The van der Waals surface area contributed by atoms with Crippen LogP contribution in [0.4, 0.5) is 4.39 Å². The van der Waals surface area contributed by atoms with E-state index in [0.717, 1.165) is 11.1 Å². The molecule has 0 bridgehead atoms. The maximum absolute atomic E-state index is 13.8. The number of halogens is 2. The number of aromatic nitrogens is 1. The van der Waals surface area contributed by atoms with Gasteiger partial charge in [0.05, 0.1) is 40.0 Å². The zero-order valence-corrected chi connectivity index (χ0v) is 24.9. The maximum atomic E-state index is 13.8. The maximum Gasteiger partial charge on any atom is 0.338 e. The quantitative estimate of drug-likeness (QED) is 0.246. The van der Waals surface area contributed by atoms with Gasteiger partial charge in [-0.3, -0.25) is 9.36 Å². The van der Waals surface area contributed by atoms with E-state index in [1.807, 2.05) is 43.3 Å². The first-order valence-electron chi connectivity index (χ1n) is 12.8. The summed E-state index contributed by atoms with van der Waals surface area (Å²) in [6.45, 7) is 4.23. The SMILES string of the molecule is CCOc1cc(C=c2sc3n(c2=O)C(c2ccccc2)C(C(=O)OC)=C(C)N=3)cc(Br)c1OCc1ccc(F)cc1. The monoisotopic (exact) mass is 636 g/mol. The highest BCUT2D eigenvalue weighted by Crippen LogP contribution is 2.38. The van der Waals surface area contributed by atoms with Gasteiger partial charge in [-0.15, -0.1) is 0 Å². The first-order chi connectivity index (χ1) is 19.8. The predicted molar refractivity (Wildman–Crippen MR) is 158 cm³/mol. The number of esters is 1. The number of benzene rings is 3. The van der Waals surface area contributed by atoms with Gasteiger partial charge in [0.2, 0.25) is 0 Å². The Morgan fingerprint density at radius 3 is 2.54 bits per heavy atom. The van der Waals surface area contributed by atoms with E-state index in [0.29, 0.717) is 48.7 Å². The molecule has 2 heterocycles. The molecule has 1 atom stereocenters. The molecule has 1 aromatic heterocycles. The van der Waals surface area contributed by atoms with E-state index < -0.39 is 12.0 Å². The van der Waals surface area contributed by atoms with Crippen molar-refractivity contribution in [3.8, 4) is 11.5 Å². The minimum absolute atomic E-state index is 0.221. The van der Waals surface area contributed by atoms with Crippen molar-refractivity contribution >= 4 is 39.3 Å². The third kappa shape index (κ3) is 5.89. The van der Waals surface area contributed by atoms with Crippen LogP contribution in [0.15, 0.2) is 92.3 Å². The average Bonchev–Trinajstić information content (AvgIpc) is 3.26. The van der Waals surface area contributed by atoms with E-state index >= 15 is 0 Å². The highest BCUT2D eigenvalue weighted by atomic mass is 79.9. The minimum Gasteiger partial charge on any atom is -0.490 e. The topological polar surface area (TPSA) is 79.1 Å². The lowest BCUT2D eigenvalue weighted by molar-refractivity contribution is -0.136. The molecule has 1 unspecified atom stereocenters. The van der Waals surface area contributed by atoms with Gasteiger partial charge in [-0.1, -0.05) is 53.8 Å². The summed E-state index contributed by atoms with van der Waals surface area (Å²) in [6, 6.07) is 18.4. The van der Waals surface area contributed by atoms with Crippen LogP contribution in [0, 0.1) is 5.82 Å². The molecule has 10 heteroatoms. The molecule has 0 N–H and O–H groups in total. The average molecular weight is 638 g/mol. The second-order valence-electron chi connectivity index (χ2n) is 9.16. The van der Waals surface area contributed by atoms with Crippen molar-refractivity contribution < 1.29 is 23.4 Å². The molecule has 5 rings (SSSR count). The Hall–Kier alpha value is -4.02. The number of allylic oxidation sites excluding steroid dienone is 1. The fourth-order valence-corrected chi connectivity index (χ4v) is 6.23. The lowest BCUT2D eigenvalue weighted by Crippen LogP contribution is -2.39. The fraction of sp³-hybridized carbons (Fsp3) is 0.194. The second kappa shape index (κ2) is 12.2. The van der Waals surface area contributed by atoms with Crippen molar-refractivity contribution in [2.75, 3.05) is 13.7 Å². The van der Waals surface area contributed by atoms with E-state index in [2.05, 4.69) is 20.9 Å². The van der Waals surface area contributed by atoms with Crippen molar-refractivity contribution in [3.05, 3.63) is 125 Å². The summed E-state index contributed by atoms with van der Waals surface area (Å²) < 4.78 is 32.9. The summed E-state index contributed by atoms with van der Waals surface area (Å²) in [5.41, 5.74) is 2.84. The predicted octanol–water partition coefficient (Wildman–Crippen LogP) is 5.29. The van der Waals surface area contributed by atoms with Crippen LogP contribution < -0.4 is 24.4 Å².